The van der Waals surface area contributed by atoms with E-state index in [0.29, 0.717) is 10.9 Å². The third kappa shape index (κ3) is 8.64. The summed E-state index contributed by atoms with van der Waals surface area (Å²) in [6, 6.07) is 0. The molecule has 0 saturated heterocycles. The summed E-state index contributed by atoms with van der Waals surface area (Å²) in [4.78, 5) is 20.6. The summed E-state index contributed by atoms with van der Waals surface area (Å²) in [6.07, 6.45) is 7.41. The van der Waals surface area contributed by atoms with E-state index in [2.05, 4.69) is 20.8 Å². The van der Waals surface area contributed by atoms with Crippen LogP contribution in [0, 0.1) is 0 Å². The molecule has 0 heterocycles. The molecule has 0 aliphatic heterocycles. The topological polar surface area (TPSA) is 69.6 Å². The Morgan fingerprint density at radius 2 is 1.36 bits per heavy atom. The first-order valence-electron chi connectivity index (χ1n) is 8.93. The summed E-state index contributed by atoms with van der Waals surface area (Å²) in [5.41, 5.74) is 0. The molecule has 0 aromatic heterocycles. The highest BCUT2D eigenvalue weighted by Crippen LogP contribution is 2.38. The molecule has 0 aliphatic carbocycles. The van der Waals surface area contributed by atoms with E-state index < -0.39 is 14.1 Å². The van der Waals surface area contributed by atoms with E-state index in [1.54, 1.807) is 0 Å². The van der Waals surface area contributed by atoms with Crippen LogP contribution in [-0.4, -0.2) is 35.2 Å². The molecule has 2 atom stereocenters. The van der Waals surface area contributed by atoms with Crippen molar-refractivity contribution in [3.63, 3.8) is 0 Å². The van der Waals surface area contributed by atoms with Crippen LogP contribution in [0.3, 0.4) is 0 Å². The van der Waals surface area contributed by atoms with Gasteiger partial charge in [-0.1, -0.05) is 47.0 Å². The third-order valence-electron chi connectivity index (χ3n) is 4.27. The van der Waals surface area contributed by atoms with Crippen LogP contribution in [0.4, 0.5) is 0 Å². The Bertz CT molecular complexity index is 297. The lowest BCUT2D eigenvalue weighted by Gasteiger charge is -2.45. The van der Waals surface area contributed by atoms with Gasteiger partial charge in [-0.15, -0.1) is 0 Å². The van der Waals surface area contributed by atoms with E-state index in [4.69, 9.17) is 4.52 Å². The van der Waals surface area contributed by atoms with Gasteiger partial charge in [0.1, 0.15) is 0 Å². The largest absolute Gasteiger partial charge is 0.756 e. The number of quaternary nitrogens is 1. The third-order valence-corrected chi connectivity index (χ3v) is 4.78. The van der Waals surface area contributed by atoms with Gasteiger partial charge < -0.3 is 9.79 Å². The van der Waals surface area contributed by atoms with Crippen molar-refractivity contribution in [2.75, 3.05) is 19.6 Å². The zero-order valence-corrected chi connectivity index (χ0v) is 15.8. The molecule has 22 heavy (non-hydrogen) atoms. The van der Waals surface area contributed by atoms with Crippen molar-refractivity contribution >= 4 is 7.82 Å². The number of rotatable bonds is 14. The van der Waals surface area contributed by atoms with Crippen molar-refractivity contribution in [3.8, 4) is 0 Å². The molecule has 0 aromatic carbocycles. The molecule has 134 valence electrons. The lowest BCUT2D eigenvalue weighted by atomic mass is 10.1. The van der Waals surface area contributed by atoms with Crippen LogP contribution in [0.5, 0.6) is 0 Å². The zero-order chi connectivity index (χ0) is 17.1. The summed E-state index contributed by atoms with van der Waals surface area (Å²) in [7, 11) is -4.71. The highest BCUT2D eigenvalue weighted by atomic mass is 31.2. The molecule has 0 aliphatic rings. The summed E-state index contributed by atoms with van der Waals surface area (Å²) in [6.45, 7) is 11.2. The maximum Gasteiger partial charge on any atom is 0.269 e. The fraction of sp³-hybridized carbons (Fsp3) is 1.00. The Kier molecular flexibility index (Phi) is 11.6. The lowest BCUT2D eigenvalue weighted by molar-refractivity contribution is -0.969. The first-order chi connectivity index (χ1) is 10.3. The Morgan fingerprint density at radius 3 is 1.64 bits per heavy atom. The number of hydrogen-bond donors (Lipinski definition) is 1. The smallest absolute Gasteiger partial charge is 0.269 e. The van der Waals surface area contributed by atoms with Gasteiger partial charge >= 0.3 is 0 Å². The Hall–Kier alpha value is 0.0700. The molecule has 0 saturated carbocycles. The number of hydrogen-bond acceptors (Lipinski definition) is 3. The maximum absolute atomic E-state index is 11.3. The van der Waals surface area contributed by atoms with Crippen LogP contribution in [0.25, 0.3) is 0 Å². The average molecular weight is 337 g/mol. The van der Waals surface area contributed by atoms with E-state index in [-0.39, 0.29) is 0 Å². The number of phosphoric ester groups is 1. The van der Waals surface area contributed by atoms with Gasteiger partial charge in [0.25, 0.3) is 7.82 Å². The normalized spacial score (nSPS) is 16.5. The molecule has 2 unspecified atom stereocenters. The van der Waals surface area contributed by atoms with Crippen molar-refractivity contribution in [1.82, 2.24) is 0 Å². The highest BCUT2D eigenvalue weighted by Gasteiger charge is 2.37. The molecule has 1 N–H and O–H groups in total. The van der Waals surface area contributed by atoms with E-state index >= 15 is 0 Å². The van der Waals surface area contributed by atoms with E-state index in [1.807, 2.05) is 6.92 Å². The molecule has 0 rings (SSSR count). The molecule has 0 aromatic rings. The quantitative estimate of drug-likeness (QED) is 0.297. The summed E-state index contributed by atoms with van der Waals surface area (Å²) >= 11 is 0. The summed E-state index contributed by atoms with van der Waals surface area (Å²) < 4.78 is 17.2. The highest BCUT2D eigenvalue weighted by molar-refractivity contribution is 7.44. The van der Waals surface area contributed by atoms with Gasteiger partial charge in [-0.05, 0) is 25.7 Å². The molecule has 5 nitrogen and oxygen atoms in total. The number of phosphoric acid groups is 1. The monoisotopic (exact) mass is 337 g/mol. The SMILES string of the molecule is CCCC[N+](CCCC)(CCCC)C(CCC)OP(=O)([O-])O. The first-order valence-corrected chi connectivity index (χ1v) is 10.4. The second kappa shape index (κ2) is 11.6. The Labute approximate surface area is 136 Å². The van der Waals surface area contributed by atoms with Gasteiger partial charge in [0, 0.05) is 6.42 Å². The van der Waals surface area contributed by atoms with Crippen molar-refractivity contribution in [2.24, 2.45) is 0 Å². The minimum atomic E-state index is -4.71. The van der Waals surface area contributed by atoms with Crippen LogP contribution in [0.2, 0.25) is 0 Å². The molecule has 6 heteroatoms. The maximum atomic E-state index is 11.3. The number of unbranched alkanes of at least 4 members (excludes halogenated alkanes) is 3. The molecular formula is C16H36NO4P. The molecule has 0 fully saturated rings. The predicted molar refractivity (Wildman–Crippen MR) is 89.2 cm³/mol. The van der Waals surface area contributed by atoms with Gasteiger partial charge in [0.2, 0.25) is 6.23 Å². The molecule has 0 radical (unpaired) electrons. The van der Waals surface area contributed by atoms with Crippen LogP contribution >= 0.6 is 7.82 Å². The molecule has 0 bridgehead atoms. The van der Waals surface area contributed by atoms with Gasteiger partial charge in [-0.3, -0.25) is 13.6 Å². The zero-order valence-electron chi connectivity index (χ0n) is 14.9. The van der Waals surface area contributed by atoms with Crippen LogP contribution in [0.1, 0.15) is 79.1 Å². The number of nitrogens with zero attached hydrogens (tertiary/aromatic N) is 1. The fourth-order valence-corrected chi connectivity index (χ4v) is 3.63. The van der Waals surface area contributed by atoms with Gasteiger partial charge in [-0.2, -0.15) is 0 Å². The fourth-order valence-electron chi connectivity index (χ4n) is 3.01. The lowest BCUT2D eigenvalue weighted by Crippen LogP contribution is -2.58. The van der Waals surface area contributed by atoms with E-state index in [0.717, 1.165) is 64.6 Å². The Morgan fingerprint density at radius 1 is 0.955 bits per heavy atom. The molecular weight excluding hydrogens is 301 g/mol. The first kappa shape index (κ1) is 22.1. The minimum Gasteiger partial charge on any atom is -0.756 e. The summed E-state index contributed by atoms with van der Waals surface area (Å²) in [5.74, 6) is 0. The van der Waals surface area contributed by atoms with Crippen LogP contribution in [-0.2, 0) is 9.09 Å². The van der Waals surface area contributed by atoms with Crippen molar-refractivity contribution < 1.29 is 23.4 Å². The van der Waals surface area contributed by atoms with Crippen molar-refractivity contribution in [1.29, 1.82) is 0 Å². The Balaban J connectivity index is 5.39. The van der Waals surface area contributed by atoms with E-state index in [1.165, 1.54) is 0 Å². The predicted octanol–water partition coefficient (Wildman–Crippen LogP) is 3.81. The van der Waals surface area contributed by atoms with Crippen LogP contribution < -0.4 is 4.89 Å². The van der Waals surface area contributed by atoms with Crippen molar-refractivity contribution in [3.05, 3.63) is 0 Å². The molecule has 0 spiro atoms. The van der Waals surface area contributed by atoms with Crippen molar-refractivity contribution in [2.45, 2.75) is 85.3 Å². The minimum absolute atomic E-state index is 0.456. The van der Waals surface area contributed by atoms with Gasteiger partial charge in [0.15, 0.2) is 0 Å². The average Bonchev–Trinajstić information content (AvgIpc) is 2.45. The van der Waals surface area contributed by atoms with Gasteiger partial charge in [0.05, 0.1) is 19.6 Å². The van der Waals surface area contributed by atoms with Gasteiger partial charge in [-0.25, -0.2) is 0 Å². The second-order valence-corrected chi connectivity index (χ2v) is 7.42. The van der Waals surface area contributed by atoms with Crippen LogP contribution in [0.15, 0.2) is 0 Å². The second-order valence-electron chi connectivity index (χ2n) is 6.27. The standard InChI is InChI=1S/C16H36NO4P/c1-5-9-13-17(14-10-6-2,15-11-7-3)16(12-8-4)21-22(18,19)20/h16H,5-15H2,1-4H3,(H-,18,19,20). The van der Waals surface area contributed by atoms with E-state index in [9.17, 15) is 14.4 Å². The summed E-state index contributed by atoms with van der Waals surface area (Å²) in [5, 5.41) is 0. The molecule has 0 amide bonds.